The smallest absolute Gasteiger partial charge is 0.346 e. The number of hydrogen-bond acceptors (Lipinski definition) is 4. The van der Waals surface area contributed by atoms with E-state index < -0.39 is 5.97 Å². The molecule has 1 aromatic carbocycles. The van der Waals surface area contributed by atoms with Crippen molar-refractivity contribution >= 4 is 12.0 Å². The van der Waals surface area contributed by atoms with Crippen molar-refractivity contribution in [1.82, 2.24) is 0 Å². The molecule has 0 aliphatic carbocycles. The quantitative estimate of drug-likeness (QED) is 0.266. The predicted molar refractivity (Wildman–Crippen MR) is 92.5 cm³/mol. The molecule has 0 saturated carbocycles. The second kappa shape index (κ2) is 12.1. The van der Waals surface area contributed by atoms with Gasteiger partial charge in [0.05, 0.1) is 6.61 Å². The van der Waals surface area contributed by atoms with E-state index in [4.69, 9.17) is 19.8 Å². The molecule has 0 aliphatic heterocycles. The van der Waals surface area contributed by atoms with Crippen LogP contribution in [0.2, 0.25) is 0 Å². The number of ether oxygens (including phenoxy) is 2. The highest BCUT2D eigenvalue weighted by atomic mass is 16.7. The maximum absolute atomic E-state index is 10.8. The van der Waals surface area contributed by atoms with Gasteiger partial charge in [-0.1, -0.05) is 51.2 Å². The lowest BCUT2D eigenvalue weighted by atomic mass is 10.1. The Labute approximate surface area is 143 Å². The van der Waals surface area contributed by atoms with Crippen LogP contribution >= 0.6 is 0 Å². The largest absolute Gasteiger partial charge is 0.477 e. The molecule has 1 N–H and O–H groups in total. The highest BCUT2D eigenvalue weighted by molar-refractivity contribution is 5.96. The van der Waals surface area contributed by atoms with E-state index in [1.807, 2.05) is 0 Å². The highest BCUT2D eigenvalue weighted by Gasteiger charge is 2.05. The van der Waals surface area contributed by atoms with Gasteiger partial charge in [-0.3, -0.25) is 0 Å². The first-order valence-electron chi connectivity index (χ1n) is 8.33. The number of benzene rings is 1. The van der Waals surface area contributed by atoms with E-state index in [0.717, 1.165) is 6.42 Å². The minimum atomic E-state index is -1.24. The average Bonchev–Trinajstić information content (AvgIpc) is 2.59. The fourth-order valence-electron chi connectivity index (χ4n) is 2.12. The third kappa shape index (κ3) is 8.35. The summed E-state index contributed by atoms with van der Waals surface area (Å²) >= 11 is 0. The summed E-state index contributed by atoms with van der Waals surface area (Å²) in [6, 6.07) is 8.48. The number of nitriles is 1. The van der Waals surface area contributed by atoms with Crippen LogP contribution in [0.25, 0.3) is 6.08 Å². The summed E-state index contributed by atoms with van der Waals surface area (Å²) in [4.78, 5) is 10.8. The van der Waals surface area contributed by atoms with E-state index in [1.165, 1.54) is 38.2 Å². The molecule has 1 rings (SSSR count). The lowest BCUT2D eigenvalue weighted by Gasteiger charge is -2.07. The molecule has 0 saturated heterocycles. The van der Waals surface area contributed by atoms with Gasteiger partial charge in [-0.2, -0.15) is 5.26 Å². The molecule has 0 spiro atoms. The first-order chi connectivity index (χ1) is 11.7. The van der Waals surface area contributed by atoms with Crippen LogP contribution in [-0.2, 0) is 9.53 Å². The molecule has 0 fully saturated rings. The van der Waals surface area contributed by atoms with E-state index in [2.05, 4.69) is 6.92 Å². The molecule has 0 radical (unpaired) electrons. The Morgan fingerprint density at radius 3 is 2.46 bits per heavy atom. The topological polar surface area (TPSA) is 79.5 Å². The van der Waals surface area contributed by atoms with Gasteiger partial charge >= 0.3 is 5.97 Å². The summed E-state index contributed by atoms with van der Waals surface area (Å²) in [5, 5.41) is 17.5. The van der Waals surface area contributed by atoms with Crippen molar-refractivity contribution in [3.8, 4) is 11.8 Å². The molecule has 5 nitrogen and oxygen atoms in total. The lowest BCUT2D eigenvalue weighted by molar-refractivity contribution is -0.132. The molecule has 0 atom stereocenters. The maximum Gasteiger partial charge on any atom is 0.346 e. The first-order valence-corrected chi connectivity index (χ1v) is 8.33. The van der Waals surface area contributed by atoms with Gasteiger partial charge in [0, 0.05) is 0 Å². The number of aliphatic carboxylic acids is 1. The van der Waals surface area contributed by atoms with Crippen LogP contribution in [-0.4, -0.2) is 24.5 Å². The second-order valence-corrected chi connectivity index (χ2v) is 5.48. The summed E-state index contributed by atoms with van der Waals surface area (Å²) in [5.74, 6) is -0.593. The predicted octanol–water partition coefficient (Wildman–Crippen LogP) is 4.39. The molecule has 0 bridgehead atoms. The molecule has 5 heteroatoms. The highest BCUT2D eigenvalue weighted by Crippen LogP contribution is 2.15. The fourth-order valence-corrected chi connectivity index (χ4v) is 2.12. The van der Waals surface area contributed by atoms with Crippen LogP contribution in [0.1, 0.15) is 51.0 Å². The number of carbonyl (C=O) groups is 1. The standard InChI is InChI=1S/C19H25NO4/c1-2-3-4-5-6-7-12-23-15-24-18-10-8-16(9-11-18)13-17(14-20)19(21)22/h8-11,13H,2-7,12,15H2,1H3,(H,21,22)/b17-13+. The van der Waals surface area contributed by atoms with E-state index in [1.54, 1.807) is 30.3 Å². The van der Waals surface area contributed by atoms with Gasteiger partial charge in [0.15, 0.2) is 6.79 Å². The number of unbranched alkanes of at least 4 members (excludes halogenated alkanes) is 5. The molecule has 24 heavy (non-hydrogen) atoms. The van der Waals surface area contributed by atoms with Gasteiger partial charge in [-0.05, 0) is 30.2 Å². The Hall–Kier alpha value is -2.32. The molecular formula is C19H25NO4. The monoisotopic (exact) mass is 331 g/mol. The van der Waals surface area contributed by atoms with Gasteiger partial charge in [0.1, 0.15) is 17.4 Å². The molecule has 0 aliphatic rings. The number of nitrogens with zero attached hydrogens (tertiary/aromatic N) is 1. The molecule has 0 amide bonds. The Morgan fingerprint density at radius 2 is 1.83 bits per heavy atom. The Bertz CT molecular complexity index is 558. The van der Waals surface area contributed by atoms with Gasteiger partial charge in [0.25, 0.3) is 0 Å². The van der Waals surface area contributed by atoms with Crippen LogP contribution in [0.4, 0.5) is 0 Å². The van der Waals surface area contributed by atoms with Crippen LogP contribution in [0.3, 0.4) is 0 Å². The SMILES string of the molecule is CCCCCCCCOCOc1ccc(/C=C(\C#N)C(=O)O)cc1. The number of hydrogen-bond donors (Lipinski definition) is 1. The molecule has 0 unspecified atom stereocenters. The Morgan fingerprint density at radius 1 is 1.17 bits per heavy atom. The van der Waals surface area contributed by atoms with Crippen molar-refractivity contribution in [2.24, 2.45) is 0 Å². The Kier molecular flexibility index (Phi) is 9.98. The molecule has 130 valence electrons. The molecular weight excluding hydrogens is 306 g/mol. The van der Waals surface area contributed by atoms with Crippen LogP contribution in [0.15, 0.2) is 29.8 Å². The van der Waals surface area contributed by atoms with Crippen LogP contribution in [0.5, 0.6) is 5.75 Å². The summed E-state index contributed by atoms with van der Waals surface area (Å²) < 4.78 is 10.9. The third-order valence-electron chi connectivity index (χ3n) is 3.49. The minimum Gasteiger partial charge on any atom is -0.477 e. The van der Waals surface area contributed by atoms with E-state index >= 15 is 0 Å². The van der Waals surface area contributed by atoms with Gasteiger partial charge in [-0.25, -0.2) is 4.79 Å². The first kappa shape index (κ1) is 19.7. The van der Waals surface area contributed by atoms with E-state index in [-0.39, 0.29) is 12.4 Å². The minimum absolute atomic E-state index is 0.197. The zero-order valence-corrected chi connectivity index (χ0v) is 14.2. The van der Waals surface area contributed by atoms with E-state index in [0.29, 0.717) is 17.9 Å². The zero-order chi connectivity index (χ0) is 17.6. The van der Waals surface area contributed by atoms with Crippen molar-refractivity contribution in [3.05, 3.63) is 35.4 Å². The molecule has 0 aromatic heterocycles. The second-order valence-electron chi connectivity index (χ2n) is 5.48. The summed E-state index contributed by atoms with van der Waals surface area (Å²) in [6.45, 7) is 3.09. The zero-order valence-electron chi connectivity index (χ0n) is 14.2. The van der Waals surface area contributed by atoms with Crippen molar-refractivity contribution in [2.45, 2.75) is 45.4 Å². The lowest BCUT2D eigenvalue weighted by Crippen LogP contribution is -2.04. The van der Waals surface area contributed by atoms with Crippen molar-refractivity contribution in [2.75, 3.05) is 13.4 Å². The number of carboxylic acids is 1. The third-order valence-corrected chi connectivity index (χ3v) is 3.49. The maximum atomic E-state index is 10.8. The van der Waals surface area contributed by atoms with Gasteiger partial charge in [-0.15, -0.1) is 0 Å². The molecule has 1 aromatic rings. The van der Waals surface area contributed by atoms with Crippen molar-refractivity contribution < 1.29 is 19.4 Å². The normalized spacial score (nSPS) is 11.1. The summed E-state index contributed by atoms with van der Waals surface area (Å²) in [6.07, 6.45) is 8.66. The summed E-state index contributed by atoms with van der Waals surface area (Å²) in [5.41, 5.74) is 0.334. The Balaban J connectivity index is 2.23. The molecule has 0 heterocycles. The number of rotatable bonds is 12. The summed E-state index contributed by atoms with van der Waals surface area (Å²) in [7, 11) is 0. The van der Waals surface area contributed by atoms with Crippen molar-refractivity contribution in [1.29, 1.82) is 5.26 Å². The van der Waals surface area contributed by atoms with Gasteiger partial charge < -0.3 is 14.6 Å². The van der Waals surface area contributed by atoms with Crippen molar-refractivity contribution in [3.63, 3.8) is 0 Å². The number of carboxylic acid groups (broad SMARTS) is 1. The van der Waals surface area contributed by atoms with Gasteiger partial charge in [0.2, 0.25) is 0 Å². The van der Waals surface area contributed by atoms with Crippen LogP contribution in [0, 0.1) is 11.3 Å². The fraction of sp³-hybridized carbons (Fsp3) is 0.474. The van der Waals surface area contributed by atoms with E-state index in [9.17, 15) is 4.79 Å². The van der Waals surface area contributed by atoms with Crippen LogP contribution < -0.4 is 4.74 Å². The average molecular weight is 331 g/mol.